The number of amides is 1. The van der Waals surface area contributed by atoms with Crippen LogP contribution in [0.2, 0.25) is 0 Å². The Morgan fingerprint density at radius 3 is 2.45 bits per heavy atom. The molecular weight excluding hydrogens is 382 g/mol. The molecule has 1 saturated heterocycles. The molecule has 4 nitrogen and oxygen atoms in total. The number of hydrogen-bond acceptors (Lipinski definition) is 3. The van der Waals surface area contributed by atoms with E-state index in [0.29, 0.717) is 5.92 Å². The molecule has 1 amide bonds. The molecule has 4 heteroatoms. The number of nitrogens with two attached hydrogens (primary N) is 1. The van der Waals surface area contributed by atoms with Crippen molar-refractivity contribution in [2.24, 2.45) is 5.73 Å². The largest absolute Gasteiger partial charge is 0.369 e. The third kappa shape index (κ3) is 7.19. The summed E-state index contributed by atoms with van der Waals surface area (Å²) < 4.78 is 0. The molecule has 1 heterocycles. The normalized spacial score (nSPS) is 17.6. The summed E-state index contributed by atoms with van der Waals surface area (Å²) in [6.45, 7) is 4.65. The quantitative estimate of drug-likeness (QED) is 0.463. The van der Waals surface area contributed by atoms with Crippen LogP contribution in [0.25, 0.3) is 0 Å². The second kappa shape index (κ2) is 12.6. The monoisotopic (exact) mass is 421 g/mol. The van der Waals surface area contributed by atoms with Gasteiger partial charge in [0.2, 0.25) is 5.91 Å². The lowest BCUT2D eigenvalue weighted by Crippen LogP contribution is -2.23. The van der Waals surface area contributed by atoms with Gasteiger partial charge in [0.25, 0.3) is 0 Å². The van der Waals surface area contributed by atoms with E-state index < -0.39 is 0 Å². The lowest BCUT2D eigenvalue weighted by atomic mass is 9.87. The van der Waals surface area contributed by atoms with Crippen LogP contribution in [-0.4, -0.2) is 44.0 Å². The molecule has 2 atom stereocenters. The summed E-state index contributed by atoms with van der Waals surface area (Å²) in [7, 11) is 2.03. The van der Waals surface area contributed by atoms with Gasteiger partial charge in [-0.3, -0.25) is 4.79 Å². The van der Waals surface area contributed by atoms with Gasteiger partial charge in [-0.1, -0.05) is 80.3 Å². The number of hydrogen-bond donors (Lipinski definition) is 2. The molecule has 2 aromatic rings. The minimum atomic E-state index is -0.383. The van der Waals surface area contributed by atoms with E-state index in [9.17, 15) is 4.79 Å². The Kier molecular flexibility index (Phi) is 9.57. The van der Waals surface area contributed by atoms with Gasteiger partial charge in [-0.15, -0.1) is 0 Å². The van der Waals surface area contributed by atoms with Crippen molar-refractivity contribution in [2.45, 2.75) is 56.8 Å². The highest BCUT2D eigenvalue weighted by Gasteiger charge is 2.25. The Labute approximate surface area is 188 Å². The van der Waals surface area contributed by atoms with E-state index in [-0.39, 0.29) is 11.8 Å². The van der Waals surface area contributed by atoms with Crippen molar-refractivity contribution < 1.29 is 4.79 Å². The second-order valence-corrected chi connectivity index (χ2v) is 8.93. The molecule has 0 aromatic heterocycles. The van der Waals surface area contributed by atoms with Crippen molar-refractivity contribution in [2.75, 3.05) is 33.2 Å². The van der Waals surface area contributed by atoms with Crippen molar-refractivity contribution in [3.8, 4) is 0 Å². The van der Waals surface area contributed by atoms with Gasteiger partial charge in [0.05, 0.1) is 5.92 Å². The van der Waals surface area contributed by atoms with E-state index in [4.69, 9.17) is 5.73 Å². The number of rotatable bonds is 13. The minimum absolute atomic E-state index is 0.289. The molecule has 0 spiro atoms. The summed E-state index contributed by atoms with van der Waals surface area (Å²) in [6.07, 6.45) is 9.20. The molecule has 1 fully saturated rings. The zero-order chi connectivity index (χ0) is 21.9. The molecule has 31 heavy (non-hydrogen) atoms. The molecule has 0 radical (unpaired) electrons. The van der Waals surface area contributed by atoms with Crippen LogP contribution in [0.3, 0.4) is 0 Å². The van der Waals surface area contributed by atoms with E-state index in [1.165, 1.54) is 63.6 Å². The number of nitrogens with one attached hydrogen (secondary N) is 1. The standard InChI is InChI=1S/C27H39N3O/c1-29-17-9-4-2-3-5-10-18-30-19-16-25(21-30)23-14-11-15-24(20-23)26(27(28)31)22-12-7-6-8-13-22/h6-8,11-15,20,25-26,29H,2-5,9-10,16-19,21H2,1H3,(H2,28,31)/t25-,26?/m1/s1. The third-order valence-corrected chi connectivity index (χ3v) is 6.56. The van der Waals surface area contributed by atoms with Gasteiger partial charge in [-0.2, -0.15) is 0 Å². The Morgan fingerprint density at radius 2 is 1.71 bits per heavy atom. The molecular formula is C27H39N3O. The zero-order valence-electron chi connectivity index (χ0n) is 19.1. The maximum absolute atomic E-state index is 12.2. The fourth-order valence-electron chi connectivity index (χ4n) is 4.81. The van der Waals surface area contributed by atoms with Crippen LogP contribution in [0, 0.1) is 0 Å². The Balaban J connectivity index is 1.50. The molecule has 168 valence electrons. The summed E-state index contributed by atoms with van der Waals surface area (Å²) in [5.41, 5.74) is 9.10. The van der Waals surface area contributed by atoms with E-state index in [2.05, 4.69) is 28.4 Å². The van der Waals surface area contributed by atoms with Gasteiger partial charge in [0, 0.05) is 6.54 Å². The lowest BCUT2D eigenvalue weighted by Gasteiger charge is -2.18. The van der Waals surface area contributed by atoms with Gasteiger partial charge in [-0.25, -0.2) is 0 Å². The molecule has 1 unspecified atom stereocenters. The van der Waals surface area contributed by atoms with Crippen molar-refractivity contribution in [3.63, 3.8) is 0 Å². The highest BCUT2D eigenvalue weighted by molar-refractivity contribution is 5.85. The first kappa shape index (κ1) is 23.5. The predicted molar refractivity (Wildman–Crippen MR) is 129 cm³/mol. The van der Waals surface area contributed by atoms with Crippen molar-refractivity contribution in [3.05, 3.63) is 71.3 Å². The van der Waals surface area contributed by atoms with E-state index in [1.807, 2.05) is 43.4 Å². The number of carbonyl (C=O) groups excluding carboxylic acids is 1. The number of unbranched alkanes of at least 4 members (excludes halogenated alkanes) is 5. The van der Waals surface area contributed by atoms with Crippen LogP contribution in [-0.2, 0) is 4.79 Å². The van der Waals surface area contributed by atoms with Crippen molar-refractivity contribution in [1.82, 2.24) is 10.2 Å². The summed E-state index contributed by atoms with van der Waals surface area (Å²) in [4.78, 5) is 14.9. The molecule has 3 N–H and O–H groups in total. The van der Waals surface area contributed by atoms with Crippen molar-refractivity contribution >= 4 is 5.91 Å². The number of carbonyl (C=O) groups is 1. The van der Waals surface area contributed by atoms with E-state index >= 15 is 0 Å². The summed E-state index contributed by atoms with van der Waals surface area (Å²) in [6, 6.07) is 18.4. The average molecular weight is 422 g/mol. The first-order chi connectivity index (χ1) is 15.2. The lowest BCUT2D eigenvalue weighted by molar-refractivity contribution is -0.118. The van der Waals surface area contributed by atoms with Crippen LogP contribution in [0.1, 0.15) is 73.5 Å². The predicted octanol–water partition coefficient (Wildman–Crippen LogP) is 4.65. The van der Waals surface area contributed by atoms with Crippen LogP contribution < -0.4 is 11.1 Å². The molecule has 1 aliphatic heterocycles. The fraction of sp³-hybridized carbons (Fsp3) is 0.519. The van der Waals surface area contributed by atoms with Gasteiger partial charge >= 0.3 is 0 Å². The Bertz CT molecular complexity index is 792. The van der Waals surface area contributed by atoms with Crippen LogP contribution in [0.15, 0.2) is 54.6 Å². The van der Waals surface area contributed by atoms with Gasteiger partial charge < -0.3 is 16.0 Å². The second-order valence-electron chi connectivity index (χ2n) is 8.93. The van der Waals surface area contributed by atoms with Gasteiger partial charge in [0.15, 0.2) is 0 Å². The third-order valence-electron chi connectivity index (χ3n) is 6.56. The molecule has 0 aliphatic carbocycles. The summed E-state index contributed by atoms with van der Waals surface area (Å²) in [5.74, 6) is -0.125. The topological polar surface area (TPSA) is 58.4 Å². The number of likely N-dealkylation sites (tertiary alicyclic amines) is 1. The summed E-state index contributed by atoms with van der Waals surface area (Å²) in [5, 5.41) is 3.22. The molecule has 0 bridgehead atoms. The first-order valence-corrected chi connectivity index (χ1v) is 12.0. The molecule has 2 aromatic carbocycles. The summed E-state index contributed by atoms with van der Waals surface area (Å²) >= 11 is 0. The highest BCUT2D eigenvalue weighted by Crippen LogP contribution is 2.31. The Morgan fingerprint density at radius 1 is 1.00 bits per heavy atom. The van der Waals surface area contributed by atoms with E-state index in [1.54, 1.807) is 0 Å². The van der Waals surface area contributed by atoms with Gasteiger partial charge in [0.1, 0.15) is 0 Å². The van der Waals surface area contributed by atoms with Crippen LogP contribution in [0.5, 0.6) is 0 Å². The van der Waals surface area contributed by atoms with Crippen LogP contribution >= 0.6 is 0 Å². The highest BCUT2D eigenvalue weighted by atomic mass is 16.1. The van der Waals surface area contributed by atoms with E-state index in [0.717, 1.165) is 24.2 Å². The maximum Gasteiger partial charge on any atom is 0.229 e. The smallest absolute Gasteiger partial charge is 0.229 e. The van der Waals surface area contributed by atoms with Crippen molar-refractivity contribution in [1.29, 1.82) is 0 Å². The first-order valence-electron chi connectivity index (χ1n) is 12.0. The average Bonchev–Trinajstić information content (AvgIpc) is 3.25. The minimum Gasteiger partial charge on any atom is -0.369 e. The number of primary amides is 1. The fourth-order valence-corrected chi connectivity index (χ4v) is 4.81. The number of benzene rings is 2. The maximum atomic E-state index is 12.2. The van der Waals surface area contributed by atoms with Crippen LogP contribution in [0.4, 0.5) is 0 Å². The molecule has 0 saturated carbocycles. The van der Waals surface area contributed by atoms with Gasteiger partial charge in [-0.05, 0) is 68.6 Å². The zero-order valence-corrected chi connectivity index (χ0v) is 19.1. The molecule has 1 aliphatic rings. The number of nitrogens with zero attached hydrogens (tertiary/aromatic N) is 1. The Hall–Kier alpha value is -2.17. The SMILES string of the molecule is CNCCCCCCCCN1CC[C@@H](c2cccc(C(C(N)=O)c3ccccc3)c2)C1. The molecule has 3 rings (SSSR count).